The van der Waals surface area contributed by atoms with Gasteiger partial charge in [0.25, 0.3) is 0 Å². The molecule has 2 aromatic carbocycles. The first-order valence-electron chi connectivity index (χ1n) is 9.15. The fourth-order valence-electron chi connectivity index (χ4n) is 3.14. The van der Waals surface area contributed by atoms with Gasteiger partial charge < -0.3 is 19.4 Å². The van der Waals surface area contributed by atoms with Crippen LogP contribution in [0, 0.1) is 13.8 Å². The molecule has 146 valence electrons. The summed E-state index contributed by atoms with van der Waals surface area (Å²) in [5.41, 5.74) is 5.40. The lowest BCUT2D eigenvalue weighted by Gasteiger charge is -2.13. The van der Waals surface area contributed by atoms with Crippen molar-refractivity contribution in [2.24, 2.45) is 0 Å². The molecule has 0 aliphatic rings. The number of carbonyl (C=O) groups is 1. The Kier molecular flexibility index (Phi) is 5.45. The summed E-state index contributed by atoms with van der Waals surface area (Å²) in [6.45, 7) is 5.88. The third-order valence-electron chi connectivity index (χ3n) is 4.92. The lowest BCUT2D eigenvalue weighted by molar-refractivity contribution is -0.111. The van der Waals surface area contributed by atoms with E-state index in [1.165, 1.54) is 0 Å². The van der Waals surface area contributed by atoms with Crippen LogP contribution in [0.5, 0.6) is 5.75 Å². The second-order valence-corrected chi connectivity index (χ2v) is 7.09. The monoisotopic (exact) mass is 378 g/mol. The van der Waals surface area contributed by atoms with Gasteiger partial charge in [-0.1, -0.05) is 0 Å². The number of nitrogens with one attached hydrogen (secondary N) is 1. The summed E-state index contributed by atoms with van der Waals surface area (Å²) in [5, 5.41) is 3.93. The third-order valence-corrected chi connectivity index (χ3v) is 4.92. The van der Waals surface area contributed by atoms with Gasteiger partial charge in [-0.15, -0.1) is 0 Å². The third kappa shape index (κ3) is 3.88. The first-order chi connectivity index (χ1) is 13.3. The predicted molar refractivity (Wildman–Crippen MR) is 115 cm³/mol. The summed E-state index contributed by atoms with van der Waals surface area (Å²) in [6, 6.07) is 11.6. The molecule has 0 saturated carbocycles. The zero-order valence-corrected chi connectivity index (χ0v) is 17.2. The van der Waals surface area contributed by atoms with Gasteiger partial charge in [0.1, 0.15) is 17.1 Å². The molecule has 1 aromatic heterocycles. The fraction of sp³-hybridized carbons (Fsp3) is 0.261. The highest BCUT2D eigenvalue weighted by molar-refractivity contribution is 6.04. The molecule has 0 fully saturated rings. The highest BCUT2D eigenvalue weighted by Crippen LogP contribution is 2.34. The average Bonchev–Trinajstić information content (AvgIpc) is 2.94. The first-order valence-corrected chi connectivity index (χ1v) is 9.15. The number of hydrogen-bond donors (Lipinski definition) is 1. The Morgan fingerprint density at radius 3 is 2.43 bits per heavy atom. The number of ether oxygens (including phenoxy) is 1. The number of hydrogen-bond acceptors (Lipinski definition) is 4. The molecule has 3 rings (SSSR count). The molecule has 0 unspecified atom stereocenters. The fourth-order valence-corrected chi connectivity index (χ4v) is 3.14. The lowest BCUT2D eigenvalue weighted by atomic mass is 10.0. The molecule has 28 heavy (non-hydrogen) atoms. The van der Waals surface area contributed by atoms with Gasteiger partial charge in [-0.05, 0) is 62.2 Å². The van der Waals surface area contributed by atoms with Crippen LogP contribution in [0.25, 0.3) is 16.5 Å². The molecule has 1 amide bonds. The summed E-state index contributed by atoms with van der Waals surface area (Å²) >= 11 is 0. The van der Waals surface area contributed by atoms with E-state index in [4.69, 9.17) is 9.15 Å². The van der Waals surface area contributed by atoms with Crippen LogP contribution in [0.3, 0.4) is 0 Å². The molecular formula is C23H26N2O3. The zero-order valence-electron chi connectivity index (χ0n) is 17.2. The van der Waals surface area contributed by atoms with Crippen LogP contribution in [0.1, 0.15) is 23.8 Å². The molecule has 0 saturated heterocycles. The van der Waals surface area contributed by atoms with Gasteiger partial charge in [0.15, 0.2) is 0 Å². The Bertz CT molecular complexity index is 1040. The summed E-state index contributed by atoms with van der Waals surface area (Å²) in [7, 11) is 5.58. The van der Waals surface area contributed by atoms with Crippen LogP contribution >= 0.6 is 0 Å². The number of methoxy groups -OCH3 is 1. The second kappa shape index (κ2) is 7.80. The first kappa shape index (κ1) is 19.5. The van der Waals surface area contributed by atoms with E-state index < -0.39 is 0 Å². The number of nitrogens with zero attached hydrogens (tertiary/aromatic N) is 1. The number of benzene rings is 2. The normalized spacial score (nSPS) is 11.6. The van der Waals surface area contributed by atoms with Crippen molar-refractivity contribution in [2.45, 2.75) is 20.8 Å². The Balaban J connectivity index is 1.87. The van der Waals surface area contributed by atoms with Crippen LogP contribution in [0.2, 0.25) is 0 Å². The highest BCUT2D eigenvalue weighted by Gasteiger charge is 2.14. The van der Waals surface area contributed by atoms with Gasteiger partial charge in [-0.3, -0.25) is 4.79 Å². The number of amides is 1. The van der Waals surface area contributed by atoms with Crippen molar-refractivity contribution in [1.29, 1.82) is 0 Å². The van der Waals surface area contributed by atoms with Crippen LogP contribution < -0.4 is 15.0 Å². The van der Waals surface area contributed by atoms with E-state index in [0.29, 0.717) is 5.75 Å². The number of fused-ring (bicyclic) bond motifs is 1. The molecule has 0 aliphatic heterocycles. The Morgan fingerprint density at radius 2 is 1.82 bits per heavy atom. The van der Waals surface area contributed by atoms with Gasteiger partial charge in [-0.25, -0.2) is 0 Å². The van der Waals surface area contributed by atoms with E-state index >= 15 is 0 Å². The summed E-state index contributed by atoms with van der Waals surface area (Å²) in [5.74, 6) is 1.38. The Labute approximate surface area is 165 Å². The van der Waals surface area contributed by atoms with Gasteiger partial charge >= 0.3 is 0 Å². The molecule has 5 heteroatoms. The molecule has 0 bridgehead atoms. The summed E-state index contributed by atoms with van der Waals surface area (Å²) < 4.78 is 11.3. The number of rotatable bonds is 5. The van der Waals surface area contributed by atoms with Crippen LogP contribution in [-0.4, -0.2) is 27.1 Å². The van der Waals surface area contributed by atoms with Gasteiger partial charge in [0.05, 0.1) is 7.11 Å². The smallest absolute Gasteiger partial charge is 0.248 e. The largest absolute Gasteiger partial charge is 0.496 e. The summed E-state index contributed by atoms with van der Waals surface area (Å²) in [6.07, 6.45) is 1.59. The second-order valence-electron chi connectivity index (χ2n) is 7.09. The van der Waals surface area contributed by atoms with Crippen molar-refractivity contribution in [3.05, 3.63) is 59.4 Å². The van der Waals surface area contributed by atoms with Crippen LogP contribution in [0.15, 0.2) is 46.9 Å². The molecule has 0 radical (unpaired) electrons. The maximum atomic E-state index is 12.5. The number of aryl methyl sites for hydroxylation is 2. The van der Waals surface area contributed by atoms with Gasteiger partial charge in [0, 0.05) is 48.6 Å². The molecule has 1 N–H and O–H groups in total. The molecule has 3 aromatic rings. The average molecular weight is 378 g/mol. The standard InChI is InChI=1S/C23H26N2O3/c1-14(11-23(26)24-17-7-9-18(10-8-17)25(4)5)19-12-20-15(2)16(3)28-22(20)13-21(19)27-6/h7-13H,1-6H3,(H,24,26)/b14-11+. The van der Waals surface area contributed by atoms with Crippen molar-refractivity contribution < 1.29 is 13.9 Å². The molecular weight excluding hydrogens is 352 g/mol. The minimum atomic E-state index is -0.183. The van der Waals surface area contributed by atoms with E-state index in [1.807, 2.05) is 76.2 Å². The predicted octanol–water partition coefficient (Wildman–Crippen LogP) is 5.17. The lowest BCUT2D eigenvalue weighted by Crippen LogP contribution is -2.10. The van der Waals surface area contributed by atoms with Crippen molar-refractivity contribution in [3.63, 3.8) is 0 Å². The number of carbonyl (C=O) groups excluding carboxylic acids is 1. The van der Waals surface area contributed by atoms with Crippen molar-refractivity contribution in [2.75, 3.05) is 31.4 Å². The van der Waals surface area contributed by atoms with E-state index in [1.54, 1.807) is 13.2 Å². The topological polar surface area (TPSA) is 54.7 Å². The van der Waals surface area contributed by atoms with E-state index in [9.17, 15) is 4.79 Å². The zero-order chi connectivity index (χ0) is 20.4. The number of allylic oxidation sites excluding steroid dienone is 1. The van der Waals surface area contributed by atoms with Crippen molar-refractivity contribution >= 4 is 33.8 Å². The molecule has 0 atom stereocenters. The quantitative estimate of drug-likeness (QED) is 0.623. The maximum absolute atomic E-state index is 12.5. The number of anilines is 2. The van der Waals surface area contributed by atoms with E-state index in [-0.39, 0.29) is 5.91 Å². The molecule has 0 aliphatic carbocycles. The van der Waals surface area contributed by atoms with Gasteiger partial charge in [-0.2, -0.15) is 0 Å². The van der Waals surface area contributed by atoms with Crippen LogP contribution in [0.4, 0.5) is 11.4 Å². The molecule has 0 spiro atoms. The van der Waals surface area contributed by atoms with E-state index in [2.05, 4.69) is 5.32 Å². The highest BCUT2D eigenvalue weighted by atomic mass is 16.5. The minimum Gasteiger partial charge on any atom is -0.496 e. The van der Waals surface area contributed by atoms with Crippen molar-refractivity contribution in [3.8, 4) is 5.75 Å². The number of furan rings is 1. The Hall–Kier alpha value is -3.21. The summed E-state index contributed by atoms with van der Waals surface area (Å²) in [4.78, 5) is 14.5. The van der Waals surface area contributed by atoms with Gasteiger partial charge in [0.2, 0.25) is 5.91 Å². The SMILES string of the molecule is COc1cc2oc(C)c(C)c2cc1/C(C)=C/C(=O)Nc1ccc(N(C)C)cc1. The Morgan fingerprint density at radius 1 is 1.14 bits per heavy atom. The van der Waals surface area contributed by atoms with E-state index in [0.717, 1.165) is 44.8 Å². The maximum Gasteiger partial charge on any atom is 0.248 e. The molecule has 5 nitrogen and oxygen atoms in total. The van der Waals surface area contributed by atoms with Crippen LogP contribution in [-0.2, 0) is 4.79 Å². The minimum absolute atomic E-state index is 0.183. The molecule has 1 heterocycles. The van der Waals surface area contributed by atoms with Crippen molar-refractivity contribution in [1.82, 2.24) is 0 Å².